The lowest BCUT2D eigenvalue weighted by molar-refractivity contribution is -0.137. The standard InChI is InChI=1S/C31H27F3N2O3S/c1-20-6-5-9-28(29(20)22-10-13-25(14-11-22)31(32,33)34)30(37)35-26-15-12-23-16-27(18-24(23)17-26)36-40(38,39)19-21-7-3-2-4-8-21/h2-15,17,27,36H,16,18-19H2,1H3,(H,35,37). The van der Waals surface area contributed by atoms with E-state index < -0.39 is 27.7 Å². The monoisotopic (exact) mass is 564 g/mol. The van der Waals surface area contributed by atoms with Crippen LogP contribution in [-0.2, 0) is 34.8 Å². The fraction of sp³-hybridized carbons (Fsp3) is 0.194. The van der Waals surface area contributed by atoms with Gasteiger partial charge in [-0.25, -0.2) is 13.1 Å². The third-order valence-electron chi connectivity index (χ3n) is 6.96. The largest absolute Gasteiger partial charge is 0.416 e. The van der Waals surface area contributed by atoms with E-state index in [4.69, 9.17) is 0 Å². The number of hydrogen-bond donors (Lipinski definition) is 2. The van der Waals surface area contributed by atoms with E-state index in [1.807, 2.05) is 18.2 Å². The van der Waals surface area contributed by atoms with E-state index in [2.05, 4.69) is 10.0 Å². The van der Waals surface area contributed by atoms with E-state index in [1.165, 1.54) is 12.1 Å². The molecule has 4 aromatic carbocycles. The predicted octanol–water partition coefficient (Wildman–Crippen LogP) is 6.52. The van der Waals surface area contributed by atoms with E-state index >= 15 is 0 Å². The number of benzene rings is 4. The first-order valence-corrected chi connectivity index (χ1v) is 14.4. The molecule has 1 atom stereocenters. The Balaban J connectivity index is 1.30. The van der Waals surface area contributed by atoms with Gasteiger partial charge in [0.15, 0.2) is 0 Å². The number of fused-ring (bicyclic) bond motifs is 1. The van der Waals surface area contributed by atoms with E-state index in [-0.39, 0.29) is 11.8 Å². The van der Waals surface area contributed by atoms with Crippen molar-refractivity contribution in [2.75, 3.05) is 5.32 Å². The van der Waals surface area contributed by atoms with E-state index in [9.17, 15) is 26.4 Å². The molecule has 0 saturated heterocycles. The van der Waals surface area contributed by atoms with Gasteiger partial charge in [-0.05, 0) is 83.5 Å². The smallest absolute Gasteiger partial charge is 0.322 e. The van der Waals surface area contributed by atoms with Crippen LogP contribution in [0.15, 0.2) is 91.0 Å². The molecule has 4 aromatic rings. The summed E-state index contributed by atoms with van der Waals surface area (Å²) in [6.07, 6.45) is -3.40. The second kappa shape index (κ2) is 10.9. The van der Waals surface area contributed by atoms with Crippen LogP contribution in [0.3, 0.4) is 0 Å². The summed E-state index contributed by atoms with van der Waals surface area (Å²) in [7, 11) is -3.53. The van der Waals surface area contributed by atoms with E-state index in [0.29, 0.717) is 40.8 Å². The van der Waals surface area contributed by atoms with Gasteiger partial charge < -0.3 is 5.32 Å². The molecule has 1 aliphatic carbocycles. The molecule has 0 radical (unpaired) electrons. The van der Waals surface area contributed by atoms with Gasteiger partial charge >= 0.3 is 6.18 Å². The number of sulfonamides is 1. The zero-order valence-corrected chi connectivity index (χ0v) is 22.4. The minimum absolute atomic E-state index is 0.0975. The molecule has 1 aliphatic rings. The van der Waals surface area contributed by atoms with Crippen molar-refractivity contribution < 1.29 is 26.4 Å². The maximum atomic E-state index is 13.3. The van der Waals surface area contributed by atoms with Crippen LogP contribution in [0.4, 0.5) is 18.9 Å². The summed E-state index contributed by atoms with van der Waals surface area (Å²) in [5, 5.41) is 2.90. The SMILES string of the molecule is Cc1cccc(C(=O)Nc2ccc3c(c2)CC(NS(=O)(=O)Cc2ccccc2)C3)c1-c1ccc(C(F)(F)F)cc1. The Bertz CT molecular complexity index is 1650. The Labute approximate surface area is 231 Å². The van der Waals surface area contributed by atoms with Gasteiger partial charge in [-0.2, -0.15) is 13.2 Å². The average molecular weight is 565 g/mol. The van der Waals surface area contributed by atoms with Crippen molar-refractivity contribution in [3.63, 3.8) is 0 Å². The van der Waals surface area contributed by atoms with Crippen LogP contribution in [0.5, 0.6) is 0 Å². The molecule has 5 nitrogen and oxygen atoms in total. The summed E-state index contributed by atoms with van der Waals surface area (Å²) in [6, 6.07) is 24.1. The van der Waals surface area contributed by atoms with Crippen LogP contribution in [0.1, 0.15) is 38.2 Å². The molecule has 0 bridgehead atoms. The fourth-order valence-electron chi connectivity index (χ4n) is 5.13. The van der Waals surface area contributed by atoms with Crippen molar-refractivity contribution in [1.29, 1.82) is 0 Å². The third-order valence-corrected chi connectivity index (χ3v) is 8.37. The topological polar surface area (TPSA) is 75.3 Å². The minimum atomic E-state index is -4.45. The van der Waals surface area contributed by atoms with Crippen molar-refractivity contribution in [1.82, 2.24) is 4.72 Å². The first kappa shape index (κ1) is 27.6. The lowest BCUT2D eigenvalue weighted by Crippen LogP contribution is -2.36. The quantitative estimate of drug-likeness (QED) is 0.268. The molecule has 206 valence electrons. The molecule has 1 unspecified atom stereocenters. The highest BCUT2D eigenvalue weighted by Crippen LogP contribution is 2.34. The Morgan fingerprint density at radius 2 is 1.57 bits per heavy atom. The minimum Gasteiger partial charge on any atom is -0.322 e. The highest BCUT2D eigenvalue weighted by atomic mass is 32.2. The summed E-state index contributed by atoms with van der Waals surface area (Å²) in [5.41, 5.74) is 4.62. The second-order valence-electron chi connectivity index (χ2n) is 9.98. The van der Waals surface area contributed by atoms with Crippen molar-refractivity contribution >= 4 is 21.6 Å². The maximum absolute atomic E-state index is 13.3. The average Bonchev–Trinajstić information content (AvgIpc) is 3.29. The highest BCUT2D eigenvalue weighted by molar-refractivity contribution is 7.88. The number of hydrogen-bond acceptors (Lipinski definition) is 3. The molecule has 0 heterocycles. The van der Waals surface area contributed by atoms with Gasteiger partial charge in [0.1, 0.15) is 0 Å². The Morgan fingerprint density at radius 1 is 0.875 bits per heavy atom. The number of carbonyl (C=O) groups excluding carboxylic acids is 1. The number of anilines is 1. The van der Waals surface area contributed by atoms with Crippen LogP contribution in [0.2, 0.25) is 0 Å². The van der Waals surface area contributed by atoms with Gasteiger partial charge in [0.25, 0.3) is 5.91 Å². The molecule has 0 fully saturated rings. The number of aryl methyl sites for hydroxylation is 1. The zero-order chi connectivity index (χ0) is 28.5. The number of carbonyl (C=O) groups is 1. The molecule has 5 rings (SSSR count). The molecule has 0 aliphatic heterocycles. The van der Waals surface area contributed by atoms with Crippen LogP contribution in [0.25, 0.3) is 11.1 Å². The van der Waals surface area contributed by atoms with Crippen LogP contribution < -0.4 is 10.0 Å². The lowest BCUT2D eigenvalue weighted by atomic mass is 9.93. The molecule has 9 heteroatoms. The lowest BCUT2D eigenvalue weighted by Gasteiger charge is -2.15. The third kappa shape index (κ3) is 6.26. The molecular formula is C31H27F3N2O3S. The van der Waals surface area contributed by atoms with Gasteiger partial charge in [-0.3, -0.25) is 4.79 Å². The van der Waals surface area contributed by atoms with Crippen LogP contribution in [0, 0.1) is 6.92 Å². The molecule has 0 spiro atoms. The molecule has 0 aromatic heterocycles. The van der Waals surface area contributed by atoms with Gasteiger partial charge in [0.2, 0.25) is 10.0 Å². The van der Waals surface area contributed by atoms with Gasteiger partial charge in [0.05, 0.1) is 11.3 Å². The summed E-state index contributed by atoms with van der Waals surface area (Å²) in [4.78, 5) is 13.3. The van der Waals surface area contributed by atoms with Crippen molar-refractivity contribution in [3.05, 3.63) is 124 Å². The van der Waals surface area contributed by atoms with Gasteiger partial charge in [0, 0.05) is 17.3 Å². The molecular weight excluding hydrogens is 537 g/mol. The van der Waals surface area contributed by atoms with Crippen LogP contribution in [-0.4, -0.2) is 20.4 Å². The Kier molecular flexibility index (Phi) is 7.53. The Morgan fingerprint density at radius 3 is 2.27 bits per heavy atom. The van der Waals surface area contributed by atoms with Gasteiger partial charge in [-0.1, -0.05) is 60.7 Å². The van der Waals surface area contributed by atoms with Crippen molar-refractivity contribution in [2.45, 2.75) is 37.7 Å². The highest BCUT2D eigenvalue weighted by Gasteiger charge is 2.30. The first-order valence-electron chi connectivity index (χ1n) is 12.7. The molecule has 40 heavy (non-hydrogen) atoms. The summed E-state index contributed by atoms with van der Waals surface area (Å²) >= 11 is 0. The first-order chi connectivity index (χ1) is 19.0. The van der Waals surface area contributed by atoms with Crippen molar-refractivity contribution in [3.8, 4) is 11.1 Å². The second-order valence-corrected chi connectivity index (χ2v) is 11.7. The molecule has 0 saturated carbocycles. The van der Waals surface area contributed by atoms with Crippen LogP contribution >= 0.6 is 0 Å². The number of alkyl halides is 3. The summed E-state index contributed by atoms with van der Waals surface area (Å²) in [5.74, 6) is -0.489. The summed E-state index contributed by atoms with van der Waals surface area (Å²) < 4.78 is 67.3. The number of nitrogens with one attached hydrogen (secondary N) is 2. The normalized spacial score (nSPS) is 15.1. The zero-order valence-electron chi connectivity index (χ0n) is 21.6. The number of halogens is 3. The number of rotatable bonds is 7. The van der Waals surface area contributed by atoms with E-state index in [0.717, 1.165) is 28.8 Å². The summed E-state index contributed by atoms with van der Waals surface area (Å²) in [6.45, 7) is 1.80. The fourth-order valence-corrected chi connectivity index (χ4v) is 6.52. The predicted molar refractivity (Wildman–Crippen MR) is 149 cm³/mol. The maximum Gasteiger partial charge on any atom is 0.416 e. The van der Waals surface area contributed by atoms with E-state index in [1.54, 1.807) is 55.5 Å². The van der Waals surface area contributed by atoms with Gasteiger partial charge in [-0.15, -0.1) is 0 Å². The molecule has 2 N–H and O–H groups in total. The Hall–Kier alpha value is -3.95. The number of amides is 1. The van der Waals surface area contributed by atoms with Crippen molar-refractivity contribution in [2.24, 2.45) is 0 Å². The molecule has 1 amide bonds.